The lowest BCUT2D eigenvalue weighted by atomic mass is 10.0. The molecule has 0 saturated heterocycles. The molecular weight excluding hydrogens is 226 g/mol. The van der Waals surface area contributed by atoms with Crippen molar-refractivity contribution in [1.82, 2.24) is 0 Å². The summed E-state index contributed by atoms with van der Waals surface area (Å²) in [5, 5.41) is 28.7. The summed E-state index contributed by atoms with van der Waals surface area (Å²) < 4.78 is 4.55. The first-order valence-corrected chi connectivity index (χ1v) is 5.08. The van der Waals surface area contributed by atoms with Crippen LogP contribution >= 0.6 is 0 Å². The number of phenols is 1. The lowest BCUT2D eigenvalue weighted by Crippen LogP contribution is -2.30. The third-order valence-electron chi connectivity index (χ3n) is 2.20. The summed E-state index contributed by atoms with van der Waals surface area (Å²) >= 11 is 0. The molecule has 0 aliphatic carbocycles. The average molecular weight is 241 g/mol. The van der Waals surface area contributed by atoms with Crippen LogP contribution in [-0.2, 0) is 9.53 Å². The minimum Gasteiger partial charge on any atom is -0.508 e. The number of aromatic hydroxyl groups is 1. The van der Waals surface area contributed by atoms with Crippen molar-refractivity contribution in [2.75, 3.05) is 12.3 Å². The number of hydrogen-bond acceptors (Lipinski definition) is 6. The maximum atomic E-state index is 11.2. The van der Waals surface area contributed by atoms with Crippen molar-refractivity contribution >= 4 is 11.7 Å². The van der Waals surface area contributed by atoms with Crippen LogP contribution in [0.2, 0.25) is 0 Å². The number of carbonyl (C=O) groups excluding carboxylic acids is 1. The Bertz CT molecular complexity index is 407. The summed E-state index contributed by atoms with van der Waals surface area (Å²) in [5.74, 6) is -1.21. The minimum absolute atomic E-state index is 0.0226. The molecule has 0 aromatic heterocycles. The third-order valence-corrected chi connectivity index (χ3v) is 2.20. The fourth-order valence-electron chi connectivity index (χ4n) is 1.34. The number of rotatable bonds is 4. The first kappa shape index (κ1) is 13.3. The van der Waals surface area contributed by atoms with Crippen LogP contribution in [0.25, 0.3) is 0 Å². The predicted octanol–water partition coefficient (Wildman–Crippen LogP) is -0.0682. The molecule has 6 nitrogen and oxygen atoms in total. The second-order valence-corrected chi connectivity index (χ2v) is 3.46. The topological polar surface area (TPSA) is 113 Å². The summed E-state index contributed by atoms with van der Waals surface area (Å²) in [5.41, 5.74) is 5.76. The quantitative estimate of drug-likeness (QED) is 0.333. The number of aliphatic hydroxyl groups is 2. The van der Waals surface area contributed by atoms with Gasteiger partial charge in [-0.2, -0.15) is 0 Å². The van der Waals surface area contributed by atoms with Crippen LogP contribution in [0.1, 0.15) is 18.6 Å². The van der Waals surface area contributed by atoms with Gasteiger partial charge in [0.2, 0.25) is 0 Å². The SMILES string of the molecule is CCOC(=O)C(O)C(O)c1cc(N)ccc1O. The number of nitrogens with two attached hydrogens (primary N) is 1. The maximum absolute atomic E-state index is 11.2. The Morgan fingerprint density at radius 1 is 1.47 bits per heavy atom. The lowest BCUT2D eigenvalue weighted by molar-refractivity contribution is -0.159. The van der Waals surface area contributed by atoms with Gasteiger partial charge in [-0.1, -0.05) is 0 Å². The molecule has 94 valence electrons. The van der Waals surface area contributed by atoms with Gasteiger partial charge >= 0.3 is 5.97 Å². The van der Waals surface area contributed by atoms with Gasteiger partial charge < -0.3 is 25.8 Å². The Kier molecular flexibility index (Phi) is 4.30. The normalized spacial score (nSPS) is 14.1. The maximum Gasteiger partial charge on any atom is 0.338 e. The molecule has 0 aliphatic rings. The summed E-state index contributed by atoms with van der Waals surface area (Å²) in [6.07, 6.45) is -3.35. The Hall–Kier alpha value is -1.79. The minimum atomic E-state index is -1.76. The first-order chi connectivity index (χ1) is 7.97. The molecule has 1 rings (SSSR count). The second-order valence-electron chi connectivity index (χ2n) is 3.46. The molecule has 5 N–H and O–H groups in total. The van der Waals surface area contributed by atoms with Crippen LogP contribution < -0.4 is 5.73 Å². The van der Waals surface area contributed by atoms with E-state index in [-0.39, 0.29) is 17.9 Å². The van der Waals surface area contributed by atoms with Crippen LogP contribution in [0.4, 0.5) is 5.69 Å². The van der Waals surface area contributed by atoms with Crippen LogP contribution in [0.3, 0.4) is 0 Å². The van der Waals surface area contributed by atoms with Crippen molar-refractivity contribution in [3.63, 3.8) is 0 Å². The number of esters is 1. The van der Waals surface area contributed by atoms with Crippen molar-refractivity contribution in [1.29, 1.82) is 0 Å². The molecule has 0 bridgehead atoms. The second kappa shape index (κ2) is 5.51. The standard InChI is InChI=1S/C11H15NO5/c1-2-17-11(16)10(15)9(14)7-5-6(12)3-4-8(7)13/h3-5,9-10,13-15H,2,12H2,1H3. The molecule has 2 unspecified atom stereocenters. The first-order valence-electron chi connectivity index (χ1n) is 5.08. The molecule has 0 aliphatic heterocycles. The lowest BCUT2D eigenvalue weighted by Gasteiger charge is -2.17. The van der Waals surface area contributed by atoms with E-state index in [2.05, 4.69) is 4.74 Å². The summed E-state index contributed by atoms with van der Waals surface area (Å²) in [6.45, 7) is 1.67. The Morgan fingerprint density at radius 2 is 2.12 bits per heavy atom. The smallest absolute Gasteiger partial charge is 0.338 e. The van der Waals surface area contributed by atoms with Crippen molar-refractivity contribution < 1.29 is 24.9 Å². The Morgan fingerprint density at radius 3 is 2.71 bits per heavy atom. The fraction of sp³-hybridized carbons (Fsp3) is 0.364. The molecule has 6 heteroatoms. The Balaban J connectivity index is 2.91. The van der Waals surface area contributed by atoms with Gasteiger partial charge in [0.15, 0.2) is 6.10 Å². The summed E-state index contributed by atoms with van der Waals surface area (Å²) in [4.78, 5) is 11.2. The zero-order valence-corrected chi connectivity index (χ0v) is 9.33. The van der Waals surface area contributed by atoms with E-state index >= 15 is 0 Å². The molecule has 0 fully saturated rings. The van der Waals surface area contributed by atoms with E-state index < -0.39 is 18.2 Å². The number of phenolic OH excluding ortho intramolecular Hbond substituents is 1. The van der Waals surface area contributed by atoms with Crippen LogP contribution in [0.5, 0.6) is 5.75 Å². The van der Waals surface area contributed by atoms with Crippen LogP contribution in [-0.4, -0.2) is 34.0 Å². The largest absolute Gasteiger partial charge is 0.508 e. The van der Waals surface area contributed by atoms with E-state index in [1.807, 2.05) is 0 Å². The van der Waals surface area contributed by atoms with E-state index in [9.17, 15) is 20.1 Å². The number of ether oxygens (including phenoxy) is 1. The highest BCUT2D eigenvalue weighted by molar-refractivity contribution is 5.75. The van der Waals surface area contributed by atoms with Gasteiger partial charge in [0, 0.05) is 11.3 Å². The van der Waals surface area contributed by atoms with Gasteiger partial charge in [-0.05, 0) is 25.1 Å². The van der Waals surface area contributed by atoms with Crippen LogP contribution in [0, 0.1) is 0 Å². The number of benzene rings is 1. The zero-order chi connectivity index (χ0) is 13.0. The van der Waals surface area contributed by atoms with Crippen molar-refractivity contribution in [2.24, 2.45) is 0 Å². The van der Waals surface area contributed by atoms with Crippen LogP contribution in [0.15, 0.2) is 18.2 Å². The number of carbonyl (C=O) groups is 1. The van der Waals surface area contributed by atoms with Crippen molar-refractivity contribution in [3.05, 3.63) is 23.8 Å². The summed E-state index contributed by atoms with van der Waals surface area (Å²) in [6, 6.07) is 3.98. The predicted molar refractivity (Wildman–Crippen MR) is 60.1 cm³/mol. The molecule has 0 saturated carbocycles. The number of nitrogen functional groups attached to an aromatic ring is 1. The highest BCUT2D eigenvalue weighted by Crippen LogP contribution is 2.28. The molecule has 0 radical (unpaired) electrons. The van der Waals surface area contributed by atoms with Gasteiger partial charge in [-0.15, -0.1) is 0 Å². The van der Waals surface area contributed by atoms with Crippen molar-refractivity contribution in [3.8, 4) is 5.75 Å². The molecule has 0 spiro atoms. The zero-order valence-electron chi connectivity index (χ0n) is 9.33. The van der Waals surface area contributed by atoms with E-state index in [0.29, 0.717) is 5.69 Å². The van der Waals surface area contributed by atoms with Gasteiger partial charge in [-0.3, -0.25) is 0 Å². The number of aliphatic hydroxyl groups excluding tert-OH is 2. The van der Waals surface area contributed by atoms with E-state index in [1.165, 1.54) is 18.2 Å². The molecule has 0 heterocycles. The van der Waals surface area contributed by atoms with Gasteiger partial charge in [0.25, 0.3) is 0 Å². The Labute approximate surface area is 98.3 Å². The van der Waals surface area contributed by atoms with E-state index in [4.69, 9.17) is 5.73 Å². The van der Waals surface area contributed by atoms with Gasteiger partial charge in [0.05, 0.1) is 6.61 Å². The molecular formula is C11H15NO5. The summed E-state index contributed by atoms with van der Waals surface area (Å²) in [7, 11) is 0. The molecule has 0 amide bonds. The number of hydrogen-bond donors (Lipinski definition) is 4. The third kappa shape index (κ3) is 3.08. The van der Waals surface area contributed by atoms with Gasteiger partial charge in [0.1, 0.15) is 11.9 Å². The van der Waals surface area contributed by atoms with Crippen molar-refractivity contribution in [2.45, 2.75) is 19.1 Å². The fourth-order valence-corrected chi connectivity index (χ4v) is 1.34. The molecule has 1 aromatic carbocycles. The van der Waals surface area contributed by atoms with Gasteiger partial charge in [-0.25, -0.2) is 4.79 Å². The highest BCUT2D eigenvalue weighted by atomic mass is 16.5. The number of anilines is 1. The molecule has 17 heavy (non-hydrogen) atoms. The van der Waals surface area contributed by atoms with E-state index in [0.717, 1.165) is 0 Å². The average Bonchev–Trinajstić information content (AvgIpc) is 2.30. The molecule has 1 aromatic rings. The highest BCUT2D eigenvalue weighted by Gasteiger charge is 2.28. The molecule has 2 atom stereocenters. The van der Waals surface area contributed by atoms with E-state index in [1.54, 1.807) is 6.92 Å². The monoisotopic (exact) mass is 241 g/mol.